The van der Waals surface area contributed by atoms with Gasteiger partial charge in [0.25, 0.3) is 0 Å². The minimum absolute atomic E-state index is 0.272. The second-order valence-electron chi connectivity index (χ2n) is 5.49. The van der Waals surface area contributed by atoms with Gasteiger partial charge in [-0.05, 0) is 23.8 Å². The van der Waals surface area contributed by atoms with Crippen molar-refractivity contribution in [3.8, 4) is 0 Å². The number of sulfone groups is 1. The number of anilines is 1. The lowest BCUT2D eigenvalue weighted by molar-refractivity contribution is 0.602. The Hall–Kier alpha value is -2.47. The van der Waals surface area contributed by atoms with Gasteiger partial charge >= 0.3 is 0 Å². The Labute approximate surface area is 135 Å². The van der Waals surface area contributed by atoms with Crippen molar-refractivity contribution in [3.05, 3.63) is 60.4 Å². The van der Waals surface area contributed by atoms with Gasteiger partial charge in [-0.1, -0.05) is 30.3 Å². The van der Waals surface area contributed by atoms with E-state index in [1.807, 2.05) is 42.3 Å². The molecule has 0 fully saturated rings. The third-order valence-corrected chi connectivity index (χ3v) is 4.75. The number of rotatable bonds is 4. The van der Waals surface area contributed by atoms with E-state index < -0.39 is 9.84 Å². The first-order valence-electron chi connectivity index (χ1n) is 7.15. The smallest absolute Gasteiger partial charge is 0.175 e. The summed E-state index contributed by atoms with van der Waals surface area (Å²) in [4.78, 5) is 10.8. The molecule has 0 aliphatic rings. The zero-order valence-electron chi connectivity index (χ0n) is 13.0. The van der Waals surface area contributed by atoms with Crippen LogP contribution in [0.25, 0.3) is 10.9 Å². The highest BCUT2D eigenvalue weighted by Gasteiger charge is 2.13. The molecule has 0 N–H and O–H groups in total. The fourth-order valence-corrected chi connectivity index (χ4v) is 3.14. The molecule has 0 bridgehead atoms. The van der Waals surface area contributed by atoms with Crippen molar-refractivity contribution in [3.63, 3.8) is 0 Å². The van der Waals surface area contributed by atoms with Crippen molar-refractivity contribution >= 4 is 26.6 Å². The summed E-state index contributed by atoms with van der Waals surface area (Å²) in [5, 5.41) is 0.730. The van der Waals surface area contributed by atoms with Crippen LogP contribution in [0.2, 0.25) is 0 Å². The Morgan fingerprint density at radius 2 is 1.78 bits per heavy atom. The van der Waals surface area contributed by atoms with Gasteiger partial charge in [0.05, 0.1) is 10.4 Å². The molecular formula is C17H17N3O2S. The van der Waals surface area contributed by atoms with Crippen LogP contribution in [-0.4, -0.2) is 31.7 Å². The van der Waals surface area contributed by atoms with E-state index >= 15 is 0 Å². The van der Waals surface area contributed by atoms with Gasteiger partial charge in [0.1, 0.15) is 12.1 Å². The second-order valence-corrected chi connectivity index (χ2v) is 7.51. The van der Waals surface area contributed by atoms with Crippen LogP contribution in [0, 0.1) is 0 Å². The highest BCUT2D eigenvalue weighted by atomic mass is 32.2. The molecule has 2 aromatic carbocycles. The predicted octanol–water partition coefficient (Wildman–Crippen LogP) is 2.67. The maximum absolute atomic E-state index is 11.8. The lowest BCUT2D eigenvalue weighted by Crippen LogP contribution is -2.18. The van der Waals surface area contributed by atoms with E-state index in [1.54, 1.807) is 18.2 Å². The molecular weight excluding hydrogens is 310 g/mol. The standard InChI is InChI=1S/C17H17N3O2S/c1-20(11-13-6-4-3-5-7-13)17-15-10-14(23(2,21)22)8-9-16(15)18-12-19-17/h3-10,12H,11H2,1-2H3. The van der Waals surface area contributed by atoms with Crippen molar-refractivity contribution in [2.24, 2.45) is 0 Å². The van der Waals surface area contributed by atoms with E-state index in [0.717, 1.165) is 16.5 Å². The molecule has 1 aromatic heterocycles. The van der Waals surface area contributed by atoms with E-state index in [2.05, 4.69) is 9.97 Å². The highest BCUT2D eigenvalue weighted by molar-refractivity contribution is 7.90. The van der Waals surface area contributed by atoms with E-state index in [9.17, 15) is 8.42 Å². The van der Waals surface area contributed by atoms with Crippen LogP contribution >= 0.6 is 0 Å². The monoisotopic (exact) mass is 327 g/mol. The quantitative estimate of drug-likeness (QED) is 0.737. The fourth-order valence-electron chi connectivity index (χ4n) is 2.49. The van der Waals surface area contributed by atoms with Crippen LogP contribution in [0.1, 0.15) is 5.56 Å². The summed E-state index contributed by atoms with van der Waals surface area (Å²) >= 11 is 0. The van der Waals surface area contributed by atoms with Crippen LogP contribution in [-0.2, 0) is 16.4 Å². The first kappa shape index (κ1) is 15.4. The largest absolute Gasteiger partial charge is 0.355 e. The Kier molecular flexibility index (Phi) is 4.00. The molecule has 23 heavy (non-hydrogen) atoms. The average Bonchev–Trinajstić information content (AvgIpc) is 2.54. The topological polar surface area (TPSA) is 63.2 Å². The number of fused-ring (bicyclic) bond motifs is 1. The molecule has 3 rings (SSSR count). The van der Waals surface area contributed by atoms with Gasteiger partial charge in [-0.3, -0.25) is 0 Å². The number of hydrogen-bond acceptors (Lipinski definition) is 5. The highest BCUT2D eigenvalue weighted by Crippen LogP contribution is 2.26. The molecule has 0 saturated heterocycles. The van der Waals surface area contributed by atoms with Crippen LogP contribution in [0.5, 0.6) is 0 Å². The van der Waals surface area contributed by atoms with Crippen molar-refractivity contribution in [2.75, 3.05) is 18.2 Å². The summed E-state index contributed by atoms with van der Waals surface area (Å²) < 4.78 is 23.6. The molecule has 0 saturated carbocycles. The van der Waals surface area contributed by atoms with Crippen molar-refractivity contribution in [1.29, 1.82) is 0 Å². The molecule has 0 spiro atoms. The normalized spacial score (nSPS) is 11.6. The number of nitrogens with zero attached hydrogens (tertiary/aromatic N) is 3. The van der Waals surface area contributed by atoms with Crippen molar-refractivity contribution in [1.82, 2.24) is 9.97 Å². The Morgan fingerprint density at radius 3 is 2.48 bits per heavy atom. The molecule has 118 valence electrons. The summed E-state index contributed by atoms with van der Waals surface area (Å²) in [5.41, 5.74) is 1.88. The zero-order chi connectivity index (χ0) is 16.4. The SMILES string of the molecule is CN(Cc1ccccc1)c1ncnc2ccc(S(C)(=O)=O)cc12. The third-order valence-electron chi connectivity index (χ3n) is 3.64. The van der Waals surface area contributed by atoms with Gasteiger partial charge in [-0.2, -0.15) is 0 Å². The summed E-state index contributed by atoms with van der Waals surface area (Å²) in [6.07, 6.45) is 2.70. The molecule has 0 amide bonds. The summed E-state index contributed by atoms with van der Waals surface area (Å²) in [7, 11) is -1.34. The molecule has 5 nitrogen and oxygen atoms in total. The summed E-state index contributed by atoms with van der Waals surface area (Å²) in [6, 6.07) is 15.0. The van der Waals surface area contributed by atoms with Crippen LogP contribution in [0.15, 0.2) is 59.8 Å². The minimum atomic E-state index is -3.27. The lowest BCUT2D eigenvalue weighted by Gasteiger charge is -2.20. The second kappa shape index (κ2) is 5.96. The van der Waals surface area contributed by atoms with Crippen molar-refractivity contribution < 1.29 is 8.42 Å². The van der Waals surface area contributed by atoms with Gasteiger partial charge in [-0.15, -0.1) is 0 Å². The van der Waals surface area contributed by atoms with Gasteiger partial charge in [0.2, 0.25) is 0 Å². The van der Waals surface area contributed by atoms with Crippen LogP contribution in [0.4, 0.5) is 5.82 Å². The molecule has 0 atom stereocenters. The average molecular weight is 327 g/mol. The molecule has 0 aliphatic carbocycles. The first-order valence-corrected chi connectivity index (χ1v) is 9.04. The fraction of sp³-hybridized carbons (Fsp3) is 0.176. The van der Waals surface area contributed by atoms with E-state index in [4.69, 9.17) is 0 Å². The Bertz CT molecular complexity index is 940. The van der Waals surface area contributed by atoms with Gasteiger partial charge in [0.15, 0.2) is 9.84 Å². The molecule has 0 radical (unpaired) electrons. The third kappa shape index (κ3) is 3.32. The lowest BCUT2D eigenvalue weighted by atomic mass is 10.2. The van der Waals surface area contributed by atoms with Gasteiger partial charge in [0, 0.05) is 25.2 Å². The van der Waals surface area contributed by atoms with Gasteiger partial charge in [-0.25, -0.2) is 18.4 Å². The number of benzene rings is 2. The van der Waals surface area contributed by atoms with Crippen LogP contribution < -0.4 is 4.90 Å². The molecule has 0 unspecified atom stereocenters. The van der Waals surface area contributed by atoms with E-state index in [0.29, 0.717) is 12.4 Å². The summed E-state index contributed by atoms with van der Waals surface area (Å²) in [5.74, 6) is 0.712. The zero-order valence-corrected chi connectivity index (χ0v) is 13.8. The van der Waals surface area contributed by atoms with E-state index in [1.165, 1.54) is 12.6 Å². The molecule has 1 heterocycles. The Balaban J connectivity index is 2.06. The number of aromatic nitrogens is 2. The predicted molar refractivity (Wildman–Crippen MR) is 91.2 cm³/mol. The number of hydrogen-bond donors (Lipinski definition) is 0. The minimum Gasteiger partial charge on any atom is -0.355 e. The van der Waals surface area contributed by atoms with Gasteiger partial charge < -0.3 is 4.90 Å². The maximum atomic E-state index is 11.8. The maximum Gasteiger partial charge on any atom is 0.175 e. The molecule has 0 aliphatic heterocycles. The molecule has 3 aromatic rings. The Morgan fingerprint density at radius 1 is 1.04 bits per heavy atom. The van der Waals surface area contributed by atoms with Crippen LogP contribution in [0.3, 0.4) is 0 Å². The molecule has 6 heteroatoms. The van der Waals surface area contributed by atoms with Crippen molar-refractivity contribution in [2.45, 2.75) is 11.4 Å². The van der Waals surface area contributed by atoms with E-state index in [-0.39, 0.29) is 4.90 Å². The summed E-state index contributed by atoms with van der Waals surface area (Å²) in [6.45, 7) is 0.677. The first-order chi connectivity index (χ1) is 10.9.